The van der Waals surface area contributed by atoms with E-state index in [1.54, 1.807) is 18.2 Å². The predicted molar refractivity (Wildman–Crippen MR) is 89.4 cm³/mol. The number of ether oxygens (including phenoxy) is 2. The minimum absolute atomic E-state index is 0.126. The smallest absolute Gasteiger partial charge is 0.251 e. The fourth-order valence-corrected chi connectivity index (χ4v) is 2.38. The van der Waals surface area contributed by atoms with Crippen molar-refractivity contribution >= 4 is 11.6 Å². The molecule has 0 radical (unpaired) electrons. The lowest BCUT2D eigenvalue weighted by molar-refractivity contribution is 0.0949. The molecule has 0 bridgehead atoms. The third-order valence-corrected chi connectivity index (χ3v) is 3.71. The molecule has 5 heteroatoms. The molecule has 1 aliphatic rings. The van der Waals surface area contributed by atoms with Gasteiger partial charge in [0.15, 0.2) is 11.5 Å². The lowest BCUT2D eigenvalue weighted by Gasteiger charge is -2.18. The summed E-state index contributed by atoms with van der Waals surface area (Å²) in [6.07, 6.45) is 0. The molecule has 0 unspecified atom stereocenters. The second kappa shape index (κ2) is 6.60. The van der Waals surface area contributed by atoms with Crippen molar-refractivity contribution in [1.29, 1.82) is 0 Å². The van der Waals surface area contributed by atoms with Crippen LogP contribution in [0, 0.1) is 0 Å². The molecule has 0 spiro atoms. The lowest BCUT2D eigenvalue weighted by atomic mass is 10.1. The van der Waals surface area contributed by atoms with Crippen molar-refractivity contribution in [1.82, 2.24) is 5.32 Å². The van der Waals surface area contributed by atoms with E-state index in [0.717, 1.165) is 11.3 Å². The summed E-state index contributed by atoms with van der Waals surface area (Å²) in [6, 6.07) is 13.3. The second-order valence-electron chi connectivity index (χ2n) is 5.60. The molecule has 0 aromatic heterocycles. The van der Waals surface area contributed by atoms with Crippen molar-refractivity contribution in [3.63, 3.8) is 0 Å². The Bertz CT molecular complexity index is 696. The van der Waals surface area contributed by atoms with Crippen molar-refractivity contribution in [3.8, 4) is 11.5 Å². The first-order valence-corrected chi connectivity index (χ1v) is 7.57. The van der Waals surface area contributed by atoms with E-state index in [2.05, 4.69) is 5.32 Å². The van der Waals surface area contributed by atoms with Crippen LogP contribution >= 0.6 is 0 Å². The first-order chi connectivity index (χ1) is 11.1. The van der Waals surface area contributed by atoms with Crippen molar-refractivity contribution in [3.05, 3.63) is 53.6 Å². The van der Waals surface area contributed by atoms with Gasteiger partial charge in [-0.25, -0.2) is 0 Å². The van der Waals surface area contributed by atoms with Gasteiger partial charge in [0.05, 0.1) is 0 Å². The Kier molecular flexibility index (Phi) is 4.37. The summed E-state index contributed by atoms with van der Waals surface area (Å²) in [4.78, 5) is 14.3. The molecule has 0 atom stereocenters. The van der Waals surface area contributed by atoms with Gasteiger partial charge in [-0.2, -0.15) is 0 Å². The number of hydrogen-bond donors (Lipinski definition) is 1. The Morgan fingerprint density at radius 3 is 2.43 bits per heavy atom. The number of nitrogens with one attached hydrogen (secondary N) is 1. The van der Waals surface area contributed by atoms with Crippen LogP contribution in [-0.4, -0.2) is 33.2 Å². The fourth-order valence-electron chi connectivity index (χ4n) is 2.38. The quantitative estimate of drug-likeness (QED) is 0.942. The van der Waals surface area contributed by atoms with Gasteiger partial charge < -0.3 is 19.7 Å². The van der Waals surface area contributed by atoms with Gasteiger partial charge in [-0.05, 0) is 35.9 Å². The number of anilines is 1. The van der Waals surface area contributed by atoms with E-state index in [1.807, 2.05) is 43.3 Å². The van der Waals surface area contributed by atoms with Gasteiger partial charge in [0.25, 0.3) is 5.91 Å². The summed E-state index contributed by atoms with van der Waals surface area (Å²) < 4.78 is 11.0. The first-order valence-electron chi connectivity index (χ1n) is 7.57. The topological polar surface area (TPSA) is 50.8 Å². The zero-order valence-electron chi connectivity index (χ0n) is 13.3. The van der Waals surface area contributed by atoms with Crippen LogP contribution in [-0.2, 0) is 6.54 Å². The zero-order chi connectivity index (χ0) is 16.2. The summed E-state index contributed by atoms with van der Waals surface area (Å²) in [7, 11) is 4.00. The van der Waals surface area contributed by atoms with Gasteiger partial charge in [-0.1, -0.05) is 12.1 Å². The van der Waals surface area contributed by atoms with Crippen LogP contribution in [0.3, 0.4) is 0 Å². The Morgan fingerprint density at radius 1 is 1.04 bits per heavy atom. The van der Waals surface area contributed by atoms with E-state index in [9.17, 15) is 4.79 Å². The van der Waals surface area contributed by atoms with Crippen molar-refractivity contribution in [2.75, 3.05) is 32.2 Å². The summed E-state index contributed by atoms with van der Waals surface area (Å²) >= 11 is 0. The van der Waals surface area contributed by atoms with E-state index < -0.39 is 0 Å². The molecule has 0 aliphatic carbocycles. The molecule has 0 saturated carbocycles. The third kappa shape index (κ3) is 3.56. The maximum atomic E-state index is 12.3. The van der Waals surface area contributed by atoms with Gasteiger partial charge in [0.1, 0.15) is 13.2 Å². The van der Waals surface area contributed by atoms with Gasteiger partial charge in [-0.15, -0.1) is 0 Å². The summed E-state index contributed by atoms with van der Waals surface area (Å²) in [5.41, 5.74) is 2.76. The Hall–Kier alpha value is -2.69. The second-order valence-corrected chi connectivity index (χ2v) is 5.60. The summed E-state index contributed by atoms with van der Waals surface area (Å²) in [5.74, 6) is 1.19. The monoisotopic (exact) mass is 312 g/mol. The molecular formula is C18H20N2O3. The molecule has 23 heavy (non-hydrogen) atoms. The number of rotatable bonds is 4. The largest absolute Gasteiger partial charge is 0.486 e. The molecular weight excluding hydrogens is 292 g/mol. The number of carbonyl (C=O) groups is 1. The van der Waals surface area contributed by atoms with Gasteiger partial charge in [-0.3, -0.25) is 4.79 Å². The van der Waals surface area contributed by atoms with Gasteiger partial charge in [0.2, 0.25) is 0 Å². The molecule has 0 fully saturated rings. The van der Waals surface area contributed by atoms with E-state index in [4.69, 9.17) is 9.47 Å². The van der Waals surface area contributed by atoms with Crippen molar-refractivity contribution in [2.45, 2.75) is 6.54 Å². The number of hydrogen-bond acceptors (Lipinski definition) is 4. The Labute approximate surface area is 135 Å². The van der Waals surface area contributed by atoms with Crippen LogP contribution in [0.4, 0.5) is 5.69 Å². The van der Waals surface area contributed by atoms with Crippen LogP contribution in [0.1, 0.15) is 15.9 Å². The van der Waals surface area contributed by atoms with Crippen LogP contribution in [0.2, 0.25) is 0 Å². The van der Waals surface area contributed by atoms with E-state index in [-0.39, 0.29) is 5.91 Å². The summed E-state index contributed by atoms with van der Waals surface area (Å²) in [6.45, 7) is 1.54. The standard InChI is InChI=1S/C18H20N2O3/c1-20(2)15-6-3-13(4-7-15)12-19-18(21)14-5-8-16-17(11-14)23-10-9-22-16/h3-8,11H,9-10,12H2,1-2H3,(H,19,21). The van der Waals surface area contributed by atoms with Crippen LogP contribution < -0.4 is 19.7 Å². The molecule has 5 nitrogen and oxygen atoms in total. The highest BCUT2D eigenvalue weighted by Gasteiger charge is 2.14. The van der Waals surface area contributed by atoms with Gasteiger partial charge in [0, 0.05) is 31.9 Å². The molecule has 1 N–H and O–H groups in total. The summed E-state index contributed by atoms with van der Waals surface area (Å²) in [5, 5.41) is 2.92. The predicted octanol–water partition coefficient (Wildman–Crippen LogP) is 2.45. The van der Waals surface area contributed by atoms with E-state index in [1.165, 1.54) is 0 Å². The molecule has 1 amide bonds. The molecule has 2 aromatic rings. The van der Waals surface area contributed by atoms with Crippen LogP contribution in [0.5, 0.6) is 11.5 Å². The number of carbonyl (C=O) groups excluding carboxylic acids is 1. The Morgan fingerprint density at radius 2 is 1.74 bits per heavy atom. The molecule has 2 aromatic carbocycles. The normalized spacial score (nSPS) is 12.6. The van der Waals surface area contributed by atoms with Crippen LogP contribution in [0.25, 0.3) is 0 Å². The molecule has 0 saturated heterocycles. The fraction of sp³-hybridized carbons (Fsp3) is 0.278. The zero-order valence-corrected chi connectivity index (χ0v) is 13.3. The maximum Gasteiger partial charge on any atom is 0.251 e. The van der Waals surface area contributed by atoms with Crippen LogP contribution in [0.15, 0.2) is 42.5 Å². The highest BCUT2D eigenvalue weighted by atomic mass is 16.6. The van der Waals surface area contributed by atoms with Crippen molar-refractivity contribution in [2.24, 2.45) is 0 Å². The highest BCUT2D eigenvalue weighted by molar-refractivity contribution is 5.94. The maximum absolute atomic E-state index is 12.3. The van der Waals surface area contributed by atoms with E-state index in [0.29, 0.717) is 36.8 Å². The molecule has 3 rings (SSSR count). The first kappa shape index (κ1) is 15.2. The highest BCUT2D eigenvalue weighted by Crippen LogP contribution is 2.30. The molecule has 1 aliphatic heterocycles. The van der Waals surface area contributed by atoms with Crippen molar-refractivity contribution < 1.29 is 14.3 Å². The van der Waals surface area contributed by atoms with E-state index >= 15 is 0 Å². The van der Waals surface area contributed by atoms with Gasteiger partial charge >= 0.3 is 0 Å². The number of fused-ring (bicyclic) bond motifs is 1. The molecule has 1 heterocycles. The minimum atomic E-state index is -0.126. The number of amides is 1. The lowest BCUT2D eigenvalue weighted by Crippen LogP contribution is -2.23. The third-order valence-electron chi connectivity index (χ3n) is 3.71. The average molecular weight is 312 g/mol. The molecule has 120 valence electrons. The SMILES string of the molecule is CN(C)c1ccc(CNC(=O)c2ccc3c(c2)OCCO3)cc1. The average Bonchev–Trinajstić information content (AvgIpc) is 2.59. The number of nitrogens with zero attached hydrogens (tertiary/aromatic N) is 1. The minimum Gasteiger partial charge on any atom is -0.486 e. The number of benzene rings is 2. The Balaban J connectivity index is 1.63.